The fourth-order valence-corrected chi connectivity index (χ4v) is 0.843. The van der Waals surface area contributed by atoms with Crippen LogP contribution in [0.25, 0.3) is 0 Å². The Morgan fingerprint density at radius 2 is 2.08 bits per heavy atom. The summed E-state index contributed by atoms with van der Waals surface area (Å²) in [5.41, 5.74) is 0.601. The van der Waals surface area contributed by atoms with Gasteiger partial charge in [0.2, 0.25) is 0 Å². The van der Waals surface area contributed by atoms with Crippen LogP contribution in [0.5, 0.6) is 5.75 Å². The molecule has 0 fully saturated rings. The molecule has 0 aliphatic rings. The van der Waals surface area contributed by atoms with E-state index in [4.69, 9.17) is 15.1 Å². The smallest absolute Gasteiger partial charge is 0.119 e. The number of nitriles is 1. The lowest BCUT2D eigenvalue weighted by molar-refractivity contribution is 0.123. The molecule has 1 aromatic carbocycles. The van der Waals surface area contributed by atoms with E-state index in [2.05, 4.69) is 0 Å². The van der Waals surface area contributed by atoms with Crippen LogP contribution in [-0.4, -0.2) is 17.8 Å². The third-order valence-electron chi connectivity index (χ3n) is 1.47. The highest BCUT2D eigenvalue weighted by Crippen LogP contribution is 2.11. The van der Waals surface area contributed by atoms with Gasteiger partial charge in [-0.3, -0.25) is 0 Å². The summed E-state index contributed by atoms with van der Waals surface area (Å²) in [6, 6.07) is 8.79. The molecule has 1 atom stereocenters. The Balaban J connectivity index is 2.55. The van der Waals surface area contributed by atoms with E-state index in [0.717, 1.165) is 0 Å². The maximum absolute atomic E-state index is 8.94. The van der Waals surface area contributed by atoms with Crippen LogP contribution in [0.1, 0.15) is 12.5 Å². The van der Waals surface area contributed by atoms with E-state index in [1.807, 2.05) is 6.07 Å². The molecule has 0 aromatic heterocycles. The van der Waals surface area contributed by atoms with Crippen LogP contribution in [0, 0.1) is 11.3 Å². The average molecular weight is 177 g/mol. The topological polar surface area (TPSA) is 53.2 Å². The summed E-state index contributed by atoms with van der Waals surface area (Å²) >= 11 is 0. The summed E-state index contributed by atoms with van der Waals surface area (Å²) in [6.45, 7) is 1.93. The first-order valence-corrected chi connectivity index (χ1v) is 4.03. The molecule has 0 saturated carbocycles. The van der Waals surface area contributed by atoms with Gasteiger partial charge in [-0.05, 0) is 31.2 Å². The fourth-order valence-electron chi connectivity index (χ4n) is 0.843. The van der Waals surface area contributed by atoms with Crippen molar-refractivity contribution in [3.05, 3.63) is 29.8 Å². The first-order chi connectivity index (χ1) is 6.22. The lowest BCUT2D eigenvalue weighted by Crippen LogP contribution is -2.12. The number of rotatable bonds is 3. The summed E-state index contributed by atoms with van der Waals surface area (Å²) in [7, 11) is 0. The van der Waals surface area contributed by atoms with Crippen LogP contribution in [0.2, 0.25) is 0 Å². The standard InChI is InChI=1S/C10H11NO2/c1-8(12)7-13-10-4-2-9(6-11)3-5-10/h2-5,8,12H,7H2,1H3. The third kappa shape index (κ3) is 3.14. The van der Waals surface area contributed by atoms with Gasteiger partial charge in [0.1, 0.15) is 12.4 Å². The predicted octanol–water partition coefficient (Wildman–Crippen LogP) is 1.32. The maximum Gasteiger partial charge on any atom is 0.119 e. The Hall–Kier alpha value is -1.53. The van der Waals surface area contributed by atoms with Gasteiger partial charge in [0.05, 0.1) is 17.7 Å². The molecule has 0 radical (unpaired) electrons. The van der Waals surface area contributed by atoms with E-state index >= 15 is 0 Å². The van der Waals surface area contributed by atoms with E-state index < -0.39 is 6.10 Å². The molecule has 0 spiro atoms. The molecule has 1 unspecified atom stereocenters. The van der Waals surface area contributed by atoms with Crippen LogP contribution in [0.3, 0.4) is 0 Å². The minimum Gasteiger partial charge on any atom is -0.491 e. The zero-order valence-corrected chi connectivity index (χ0v) is 7.40. The highest BCUT2D eigenvalue weighted by Gasteiger charge is 1.97. The molecule has 0 aliphatic heterocycles. The van der Waals surface area contributed by atoms with Crippen molar-refractivity contribution in [3.63, 3.8) is 0 Å². The quantitative estimate of drug-likeness (QED) is 0.757. The van der Waals surface area contributed by atoms with Crippen LogP contribution in [0.4, 0.5) is 0 Å². The molecule has 0 bridgehead atoms. The maximum atomic E-state index is 8.94. The molecule has 13 heavy (non-hydrogen) atoms. The molecule has 1 N–H and O–H groups in total. The highest BCUT2D eigenvalue weighted by atomic mass is 16.5. The molecular weight excluding hydrogens is 166 g/mol. The predicted molar refractivity (Wildman–Crippen MR) is 48.3 cm³/mol. The van der Waals surface area contributed by atoms with Crippen LogP contribution >= 0.6 is 0 Å². The second kappa shape index (κ2) is 4.48. The normalized spacial score (nSPS) is 11.8. The van der Waals surface area contributed by atoms with Crippen molar-refractivity contribution in [1.82, 2.24) is 0 Å². The van der Waals surface area contributed by atoms with Crippen molar-refractivity contribution in [2.75, 3.05) is 6.61 Å². The van der Waals surface area contributed by atoms with Crippen LogP contribution < -0.4 is 4.74 Å². The van der Waals surface area contributed by atoms with Crippen LogP contribution in [0.15, 0.2) is 24.3 Å². The van der Waals surface area contributed by atoms with Gasteiger partial charge in [-0.25, -0.2) is 0 Å². The summed E-state index contributed by atoms with van der Waals surface area (Å²) in [6.07, 6.45) is -0.476. The Kier molecular flexibility index (Phi) is 3.30. The van der Waals surface area contributed by atoms with Crippen molar-refractivity contribution >= 4 is 0 Å². The highest BCUT2D eigenvalue weighted by molar-refractivity contribution is 5.34. The molecule has 0 amide bonds. The number of aliphatic hydroxyl groups excluding tert-OH is 1. The number of hydrogen-bond acceptors (Lipinski definition) is 3. The molecule has 3 heteroatoms. The van der Waals surface area contributed by atoms with Gasteiger partial charge >= 0.3 is 0 Å². The lowest BCUT2D eigenvalue weighted by atomic mass is 10.2. The van der Waals surface area contributed by atoms with E-state index in [9.17, 15) is 0 Å². The first kappa shape index (κ1) is 9.56. The van der Waals surface area contributed by atoms with Gasteiger partial charge in [0.15, 0.2) is 0 Å². The number of hydrogen-bond donors (Lipinski definition) is 1. The number of ether oxygens (including phenoxy) is 1. The van der Waals surface area contributed by atoms with E-state index in [1.54, 1.807) is 31.2 Å². The van der Waals surface area contributed by atoms with Crippen LogP contribution in [-0.2, 0) is 0 Å². The fraction of sp³-hybridized carbons (Fsp3) is 0.300. The molecule has 1 aromatic rings. The van der Waals surface area contributed by atoms with Crippen molar-refractivity contribution in [1.29, 1.82) is 5.26 Å². The lowest BCUT2D eigenvalue weighted by Gasteiger charge is -2.07. The number of aliphatic hydroxyl groups is 1. The van der Waals surface area contributed by atoms with Gasteiger partial charge in [-0.1, -0.05) is 0 Å². The average Bonchev–Trinajstić information content (AvgIpc) is 2.15. The molecule has 0 heterocycles. The molecular formula is C10H11NO2. The van der Waals surface area contributed by atoms with Gasteiger partial charge in [-0.2, -0.15) is 5.26 Å². The summed E-state index contributed by atoms with van der Waals surface area (Å²) in [5.74, 6) is 0.667. The van der Waals surface area contributed by atoms with Gasteiger partial charge < -0.3 is 9.84 Å². The summed E-state index contributed by atoms with van der Waals surface area (Å²) in [4.78, 5) is 0. The van der Waals surface area contributed by atoms with E-state index in [1.165, 1.54) is 0 Å². The molecule has 0 aliphatic carbocycles. The molecule has 3 nitrogen and oxygen atoms in total. The molecule has 0 saturated heterocycles. The minimum atomic E-state index is -0.476. The van der Waals surface area contributed by atoms with E-state index in [0.29, 0.717) is 11.3 Å². The van der Waals surface area contributed by atoms with Crippen molar-refractivity contribution < 1.29 is 9.84 Å². The zero-order chi connectivity index (χ0) is 9.68. The van der Waals surface area contributed by atoms with E-state index in [-0.39, 0.29) is 6.61 Å². The minimum absolute atomic E-state index is 0.270. The monoisotopic (exact) mass is 177 g/mol. The Bertz CT molecular complexity index is 298. The second-order valence-electron chi connectivity index (χ2n) is 2.80. The number of benzene rings is 1. The molecule has 1 rings (SSSR count). The zero-order valence-electron chi connectivity index (χ0n) is 7.40. The number of nitrogens with zero attached hydrogens (tertiary/aromatic N) is 1. The van der Waals surface area contributed by atoms with Gasteiger partial charge in [0, 0.05) is 0 Å². The Morgan fingerprint density at radius 1 is 1.46 bits per heavy atom. The second-order valence-corrected chi connectivity index (χ2v) is 2.80. The summed E-state index contributed by atoms with van der Waals surface area (Å²) < 4.78 is 5.21. The SMILES string of the molecule is CC(O)COc1ccc(C#N)cc1. The Morgan fingerprint density at radius 3 is 2.54 bits per heavy atom. The van der Waals surface area contributed by atoms with Gasteiger partial charge in [-0.15, -0.1) is 0 Å². The largest absolute Gasteiger partial charge is 0.491 e. The van der Waals surface area contributed by atoms with Crippen molar-refractivity contribution in [2.45, 2.75) is 13.0 Å². The Labute approximate surface area is 77.2 Å². The molecule has 68 valence electrons. The van der Waals surface area contributed by atoms with Crippen molar-refractivity contribution in [3.8, 4) is 11.8 Å². The third-order valence-corrected chi connectivity index (χ3v) is 1.47. The van der Waals surface area contributed by atoms with Gasteiger partial charge in [0.25, 0.3) is 0 Å². The first-order valence-electron chi connectivity index (χ1n) is 4.03. The van der Waals surface area contributed by atoms with Crippen molar-refractivity contribution in [2.24, 2.45) is 0 Å². The summed E-state index contributed by atoms with van der Waals surface area (Å²) in [5, 5.41) is 17.5.